The van der Waals surface area contributed by atoms with Crippen molar-refractivity contribution in [2.45, 2.75) is 0 Å². The van der Waals surface area contributed by atoms with Crippen molar-refractivity contribution in [3.8, 4) is 0 Å². The fraction of sp³-hybridized carbons (Fsp3) is 0. The number of pyridine rings is 1. The van der Waals surface area contributed by atoms with Gasteiger partial charge in [-0.25, -0.2) is 4.63 Å². The lowest BCUT2D eigenvalue weighted by molar-refractivity contribution is 0.314. The first-order valence-electron chi connectivity index (χ1n) is 4.72. The first kappa shape index (κ1) is 9.46. The van der Waals surface area contributed by atoms with Gasteiger partial charge in [0.2, 0.25) is 11.3 Å². The van der Waals surface area contributed by atoms with E-state index in [1.54, 1.807) is 24.5 Å². The largest absolute Gasteiger partial charge is 0.334 e. The minimum Gasteiger partial charge on any atom is -0.334 e. The maximum absolute atomic E-state index is 11.6. The second-order valence-electron chi connectivity index (χ2n) is 3.22. The molecule has 0 aliphatic heterocycles. The topological polar surface area (TPSA) is 110 Å². The summed E-state index contributed by atoms with van der Waals surface area (Å²) in [7, 11) is 0. The van der Waals surface area contributed by atoms with Gasteiger partial charge in [0, 0.05) is 6.20 Å². The number of hydrogen-bond donors (Lipinski definition) is 2. The van der Waals surface area contributed by atoms with Crippen LogP contribution in [0.25, 0.3) is 11.3 Å². The highest BCUT2D eigenvalue weighted by atomic mass is 16.6. The molecule has 3 aromatic rings. The summed E-state index contributed by atoms with van der Waals surface area (Å²) in [6.45, 7) is 0. The number of fused-ring (bicyclic) bond motifs is 1. The van der Waals surface area contributed by atoms with Crippen LogP contribution in [0.1, 0.15) is 0 Å². The second kappa shape index (κ2) is 3.67. The van der Waals surface area contributed by atoms with Crippen LogP contribution in [0.5, 0.6) is 0 Å². The van der Waals surface area contributed by atoms with Crippen LogP contribution in [-0.4, -0.2) is 25.3 Å². The molecule has 0 bridgehead atoms. The number of rotatable bonds is 2. The highest BCUT2D eigenvalue weighted by Crippen LogP contribution is 2.10. The van der Waals surface area contributed by atoms with Crippen molar-refractivity contribution >= 4 is 22.8 Å². The Morgan fingerprint density at radius 2 is 2.29 bits per heavy atom. The average Bonchev–Trinajstić information content (AvgIpc) is 2.78. The average molecular weight is 230 g/mol. The normalized spacial score (nSPS) is 10.6. The second-order valence-corrected chi connectivity index (χ2v) is 3.22. The van der Waals surface area contributed by atoms with E-state index in [4.69, 9.17) is 0 Å². The van der Waals surface area contributed by atoms with Crippen molar-refractivity contribution in [3.05, 3.63) is 34.9 Å². The van der Waals surface area contributed by atoms with Crippen LogP contribution in [0.15, 0.2) is 33.9 Å². The zero-order chi connectivity index (χ0) is 11.7. The molecule has 0 saturated heterocycles. The van der Waals surface area contributed by atoms with E-state index >= 15 is 0 Å². The SMILES string of the molecule is O=c1[nH]c2nonc2nc1Nc1cccnc1. The minimum atomic E-state index is -0.406. The summed E-state index contributed by atoms with van der Waals surface area (Å²) < 4.78 is 4.45. The van der Waals surface area contributed by atoms with Gasteiger partial charge in [-0.1, -0.05) is 0 Å². The summed E-state index contributed by atoms with van der Waals surface area (Å²) >= 11 is 0. The van der Waals surface area contributed by atoms with Gasteiger partial charge in [0.05, 0.1) is 11.9 Å². The first-order valence-corrected chi connectivity index (χ1v) is 4.72. The van der Waals surface area contributed by atoms with Crippen LogP contribution in [-0.2, 0) is 0 Å². The van der Waals surface area contributed by atoms with Crippen molar-refractivity contribution in [2.75, 3.05) is 5.32 Å². The third-order valence-electron chi connectivity index (χ3n) is 2.06. The van der Waals surface area contributed by atoms with E-state index in [1.165, 1.54) is 0 Å². The van der Waals surface area contributed by atoms with Gasteiger partial charge < -0.3 is 5.32 Å². The Bertz CT molecular complexity index is 704. The van der Waals surface area contributed by atoms with Gasteiger partial charge >= 0.3 is 0 Å². The molecule has 0 atom stereocenters. The molecule has 0 saturated carbocycles. The van der Waals surface area contributed by atoms with Crippen molar-refractivity contribution in [2.24, 2.45) is 0 Å². The molecule has 0 spiro atoms. The zero-order valence-electron chi connectivity index (χ0n) is 8.41. The summed E-state index contributed by atoms with van der Waals surface area (Å²) in [6, 6.07) is 3.51. The fourth-order valence-corrected chi connectivity index (χ4v) is 1.32. The molecule has 3 aromatic heterocycles. The van der Waals surface area contributed by atoms with Crippen molar-refractivity contribution < 1.29 is 4.63 Å². The number of anilines is 2. The third-order valence-corrected chi connectivity index (χ3v) is 2.06. The Hall–Kier alpha value is -2.77. The monoisotopic (exact) mass is 230 g/mol. The van der Waals surface area contributed by atoms with Gasteiger partial charge in [0.1, 0.15) is 0 Å². The predicted octanol–water partition coefficient (Wildman–Crippen LogP) is 0.445. The molecule has 0 aliphatic carbocycles. The Kier molecular flexibility index (Phi) is 2.04. The molecular weight excluding hydrogens is 224 g/mol. The van der Waals surface area contributed by atoms with Gasteiger partial charge in [-0.2, -0.15) is 4.98 Å². The van der Waals surface area contributed by atoms with Crippen LogP contribution in [0.3, 0.4) is 0 Å². The molecule has 0 aromatic carbocycles. The van der Waals surface area contributed by atoms with Gasteiger partial charge in [0.25, 0.3) is 5.56 Å². The van der Waals surface area contributed by atoms with E-state index < -0.39 is 5.56 Å². The summed E-state index contributed by atoms with van der Waals surface area (Å²) in [5, 5.41) is 9.85. The fourth-order valence-electron chi connectivity index (χ4n) is 1.32. The summed E-state index contributed by atoms with van der Waals surface area (Å²) in [5.41, 5.74) is 0.695. The molecule has 17 heavy (non-hydrogen) atoms. The van der Waals surface area contributed by atoms with E-state index in [0.29, 0.717) is 5.69 Å². The maximum Gasteiger partial charge on any atom is 0.292 e. The number of aromatic nitrogens is 5. The summed E-state index contributed by atoms with van der Waals surface area (Å²) in [4.78, 5) is 22.0. The van der Waals surface area contributed by atoms with Crippen LogP contribution in [0.2, 0.25) is 0 Å². The lowest BCUT2D eigenvalue weighted by Crippen LogP contribution is -2.13. The van der Waals surface area contributed by atoms with Crippen LogP contribution in [0.4, 0.5) is 11.5 Å². The minimum absolute atomic E-state index is 0.112. The number of nitrogens with zero attached hydrogens (tertiary/aromatic N) is 4. The lowest BCUT2D eigenvalue weighted by atomic mass is 10.4. The van der Waals surface area contributed by atoms with Crippen LogP contribution in [0, 0.1) is 0 Å². The molecule has 3 rings (SSSR count). The molecule has 8 heteroatoms. The highest BCUT2D eigenvalue weighted by molar-refractivity contribution is 5.66. The number of hydrogen-bond acceptors (Lipinski definition) is 7. The van der Waals surface area contributed by atoms with E-state index in [2.05, 4.69) is 35.2 Å². The maximum atomic E-state index is 11.6. The molecule has 3 heterocycles. The molecule has 0 aliphatic rings. The molecule has 2 N–H and O–H groups in total. The van der Waals surface area contributed by atoms with Crippen molar-refractivity contribution in [1.82, 2.24) is 25.3 Å². The molecule has 8 nitrogen and oxygen atoms in total. The predicted molar refractivity (Wildman–Crippen MR) is 57.7 cm³/mol. The van der Waals surface area contributed by atoms with Crippen LogP contribution < -0.4 is 10.9 Å². The summed E-state index contributed by atoms with van der Waals surface area (Å²) in [6.07, 6.45) is 3.21. The van der Waals surface area contributed by atoms with Gasteiger partial charge in [-0.15, -0.1) is 0 Å². The summed E-state index contributed by atoms with van der Waals surface area (Å²) in [5.74, 6) is 0.112. The Balaban J connectivity index is 2.05. The van der Waals surface area contributed by atoms with Crippen molar-refractivity contribution in [1.29, 1.82) is 0 Å². The van der Waals surface area contributed by atoms with Gasteiger partial charge in [-0.3, -0.25) is 14.8 Å². The number of H-pyrrole nitrogens is 1. The van der Waals surface area contributed by atoms with Crippen LogP contribution >= 0.6 is 0 Å². The Morgan fingerprint density at radius 3 is 3.12 bits per heavy atom. The van der Waals surface area contributed by atoms with Crippen molar-refractivity contribution in [3.63, 3.8) is 0 Å². The van der Waals surface area contributed by atoms with Gasteiger partial charge in [0.15, 0.2) is 5.82 Å². The molecule has 0 fully saturated rings. The first-order chi connectivity index (χ1) is 8.33. The Morgan fingerprint density at radius 1 is 1.35 bits per heavy atom. The van der Waals surface area contributed by atoms with E-state index in [-0.39, 0.29) is 17.1 Å². The Labute approximate surface area is 93.7 Å². The quantitative estimate of drug-likeness (QED) is 0.657. The third kappa shape index (κ3) is 1.71. The number of aromatic amines is 1. The van der Waals surface area contributed by atoms with E-state index in [1.807, 2.05) is 0 Å². The zero-order valence-corrected chi connectivity index (χ0v) is 8.41. The molecule has 84 valence electrons. The molecule has 0 amide bonds. The molecular formula is C9H6N6O2. The van der Waals surface area contributed by atoms with Gasteiger partial charge in [-0.05, 0) is 22.4 Å². The smallest absolute Gasteiger partial charge is 0.292 e. The molecule has 0 radical (unpaired) electrons. The number of nitrogens with one attached hydrogen (secondary N) is 2. The molecule has 0 unspecified atom stereocenters. The highest BCUT2D eigenvalue weighted by Gasteiger charge is 2.08. The van der Waals surface area contributed by atoms with E-state index in [9.17, 15) is 4.79 Å². The van der Waals surface area contributed by atoms with E-state index in [0.717, 1.165) is 0 Å². The lowest BCUT2D eigenvalue weighted by Gasteiger charge is -2.02. The standard InChI is InChI=1S/C9H6N6O2/c16-9-8(11-5-2-1-3-10-4-5)12-6-7(13-9)15-17-14-6/h1-4H,(H,11,12,14)(H,13,15,16).